The Labute approximate surface area is 147 Å². The molecule has 0 aliphatic heterocycles. The number of hydrogen-bond donors (Lipinski definition) is 1. The normalized spacial score (nSPS) is 11.9. The second kappa shape index (κ2) is 5.87. The molecule has 2 N–H and O–H groups in total. The molecule has 0 radical (unpaired) electrons. The van der Waals surface area contributed by atoms with Crippen LogP contribution < -0.4 is 5.73 Å². The van der Waals surface area contributed by atoms with Crippen molar-refractivity contribution in [1.29, 1.82) is 0 Å². The number of benzene rings is 2. The van der Waals surface area contributed by atoms with Crippen LogP contribution in [-0.4, -0.2) is 5.91 Å². The number of fused-ring (bicyclic) bond motifs is 1. The maximum Gasteiger partial charge on any atom is 0.419 e. The first-order valence-corrected chi connectivity index (χ1v) is 7.79. The van der Waals surface area contributed by atoms with Crippen LogP contribution >= 0.6 is 15.9 Å². The molecule has 0 aliphatic rings. The zero-order chi connectivity index (χ0) is 18.5. The van der Waals surface area contributed by atoms with Crippen LogP contribution in [0.1, 0.15) is 21.5 Å². The number of carbonyl (C=O) groups excluding carboxylic acids is 1. The molecule has 1 heterocycles. The zero-order valence-electron chi connectivity index (χ0n) is 12.7. The zero-order valence-corrected chi connectivity index (χ0v) is 14.3. The Kier molecular flexibility index (Phi) is 4.10. The number of furan rings is 1. The predicted molar refractivity (Wildman–Crippen MR) is 87.6 cm³/mol. The summed E-state index contributed by atoms with van der Waals surface area (Å²) in [6, 6.07) is 6.90. The molecule has 0 atom stereocenters. The van der Waals surface area contributed by atoms with Crippen LogP contribution in [-0.2, 0) is 6.18 Å². The molecule has 25 heavy (non-hydrogen) atoms. The van der Waals surface area contributed by atoms with Gasteiger partial charge in [0.05, 0.1) is 16.7 Å². The van der Waals surface area contributed by atoms with Gasteiger partial charge in [-0.05, 0) is 36.8 Å². The topological polar surface area (TPSA) is 56.2 Å². The highest BCUT2D eigenvalue weighted by Crippen LogP contribution is 2.41. The molecule has 0 saturated heterocycles. The fourth-order valence-corrected chi connectivity index (χ4v) is 3.04. The number of primary amides is 1. The van der Waals surface area contributed by atoms with Gasteiger partial charge in [-0.25, -0.2) is 4.39 Å². The van der Waals surface area contributed by atoms with Crippen LogP contribution in [0.25, 0.3) is 22.3 Å². The Morgan fingerprint density at radius 2 is 1.88 bits per heavy atom. The van der Waals surface area contributed by atoms with E-state index in [2.05, 4.69) is 15.9 Å². The van der Waals surface area contributed by atoms with Crippen molar-refractivity contribution >= 4 is 32.8 Å². The second-order valence-electron chi connectivity index (χ2n) is 5.43. The molecule has 2 aromatic carbocycles. The third-order valence-electron chi connectivity index (χ3n) is 3.78. The van der Waals surface area contributed by atoms with Crippen molar-refractivity contribution in [3.63, 3.8) is 0 Å². The molecule has 0 bridgehead atoms. The first-order chi connectivity index (χ1) is 11.6. The Bertz CT molecular complexity index is 1010. The van der Waals surface area contributed by atoms with Crippen LogP contribution in [0.4, 0.5) is 17.6 Å². The molecule has 0 spiro atoms. The van der Waals surface area contributed by atoms with Gasteiger partial charge < -0.3 is 10.2 Å². The van der Waals surface area contributed by atoms with Crippen LogP contribution in [0.3, 0.4) is 0 Å². The molecule has 130 valence electrons. The van der Waals surface area contributed by atoms with Gasteiger partial charge in [-0.1, -0.05) is 22.0 Å². The van der Waals surface area contributed by atoms with E-state index >= 15 is 0 Å². The largest absolute Gasteiger partial charge is 0.455 e. The number of alkyl halides is 3. The molecule has 0 saturated carbocycles. The second-order valence-corrected chi connectivity index (χ2v) is 6.34. The highest BCUT2D eigenvalue weighted by molar-refractivity contribution is 9.10. The van der Waals surface area contributed by atoms with Gasteiger partial charge in [-0.15, -0.1) is 0 Å². The standard InChI is InChI=1S/C17H10BrF4NO2/c1-7-2-4-10(14(19)13(7)17(20,21)22)15-12(16(23)24)9-5-3-8(18)6-11(9)25-15/h2-6H,1H3,(H2,23,24). The van der Waals surface area contributed by atoms with E-state index in [1.54, 1.807) is 6.07 Å². The first-order valence-electron chi connectivity index (χ1n) is 6.99. The number of amides is 1. The lowest BCUT2D eigenvalue weighted by atomic mass is 9.99. The SMILES string of the molecule is Cc1ccc(-c2oc3cc(Br)ccc3c2C(N)=O)c(F)c1C(F)(F)F. The lowest BCUT2D eigenvalue weighted by Gasteiger charge is -2.13. The van der Waals surface area contributed by atoms with Gasteiger partial charge in [0.15, 0.2) is 5.76 Å². The fraction of sp³-hybridized carbons (Fsp3) is 0.118. The molecule has 3 nitrogen and oxygen atoms in total. The minimum absolute atomic E-state index is 0.168. The molecule has 0 unspecified atom stereocenters. The summed E-state index contributed by atoms with van der Waals surface area (Å²) in [5.41, 5.74) is 3.24. The van der Waals surface area contributed by atoms with Gasteiger partial charge >= 0.3 is 6.18 Å². The molecule has 8 heteroatoms. The maximum atomic E-state index is 14.6. The molecule has 3 rings (SSSR count). The third kappa shape index (κ3) is 2.90. The number of nitrogens with two attached hydrogens (primary N) is 1. The number of rotatable bonds is 2. The fourth-order valence-electron chi connectivity index (χ4n) is 2.70. The lowest BCUT2D eigenvalue weighted by molar-refractivity contribution is -0.140. The average Bonchev–Trinajstić information content (AvgIpc) is 2.83. The molecule has 0 aliphatic carbocycles. The smallest absolute Gasteiger partial charge is 0.419 e. The summed E-state index contributed by atoms with van der Waals surface area (Å²) in [6.07, 6.45) is -4.88. The summed E-state index contributed by atoms with van der Waals surface area (Å²) in [4.78, 5) is 11.8. The van der Waals surface area contributed by atoms with E-state index in [1.165, 1.54) is 12.1 Å². The summed E-state index contributed by atoms with van der Waals surface area (Å²) in [6.45, 7) is 1.15. The minimum atomic E-state index is -4.88. The van der Waals surface area contributed by atoms with Crippen molar-refractivity contribution in [1.82, 2.24) is 0 Å². The van der Waals surface area contributed by atoms with Crippen LogP contribution in [0.5, 0.6) is 0 Å². The Hall–Kier alpha value is -2.35. The monoisotopic (exact) mass is 415 g/mol. The van der Waals surface area contributed by atoms with Gasteiger partial charge in [-0.3, -0.25) is 4.79 Å². The molecule has 0 fully saturated rings. The van der Waals surface area contributed by atoms with E-state index in [0.717, 1.165) is 19.1 Å². The van der Waals surface area contributed by atoms with Crippen molar-refractivity contribution in [2.24, 2.45) is 5.73 Å². The molecule has 1 aromatic heterocycles. The summed E-state index contributed by atoms with van der Waals surface area (Å²) < 4.78 is 60.2. The summed E-state index contributed by atoms with van der Waals surface area (Å²) in [7, 11) is 0. The van der Waals surface area contributed by atoms with Crippen molar-refractivity contribution in [3.8, 4) is 11.3 Å². The van der Waals surface area contributed by atoms with E-state index in [1.807, 2.05) is 0 Å². The average molecular weight is 416 g/mol. The predicted octanol–water partition coefficient (Wildman–Crippen LogP) is 5.43. The number of carbonyl (C=O) groups is 1. The quantitative estimate of drug-likeness (QED) is 0.567. The summed E-state index contributed by atoms with van der Waals surface area (Å²) >= 11 is 3.22. The van der Waals surface area contributed by atoms with Crippen molar-refractivity contribution in [3.05, 3.63) is 57.3 Å². The van der Waals surface area contributed by atoms with E-state index in [4.69, 9.17) is 10.2 Å². The molecular weight excluding hydrogens is 406 g/mol. The molecular formula is C17H10BrF4NO2. The van der Waals surface area contributed by atoms with Crippen molar-refractivity contribution < 1.29 is 26.8 Å². The number of halogens is 5. The molecule has 3 aromatic rings. The summed E-state index contributed by atoms with van der Waals surface area (Å²) in [5.74, 6) is -2.76. The highest BCUT2D eigenvalue weighted by Gasteiger charge is 2.38. The van der Waals surface area contributed by atoms with Crippen molar-refractivity contribution in [2.45, 2.75) is 13.1 Å². The van der Waals surface area contributed by atoms with E-state index in [9.17, 15) is 22.4 Å². The lowest BCUT2D eigenvalue weighted by Crippen LogP contribution is -2.14. The van der Waals surface area contributed by atoms with Crippen LogP contribution in [0.15, 0.2) is 39.2 Å². The molecule has 1 amide bonds. The number of hydrogen-bond acceptors (Lipinski definition) is 2. The van der Waals surface area contributed by atoms with E-state index in [0.29, 0.717) is 9.86 Å². The number of aryl methyl sites for hydroxylation is 1. The Morgan fingerprint density at radius 1 is 1.20 bits per heavy atom. The van der Waals surface area contributed by atoms with Crippen LogP contribution in [0, 0.1) is 12.7 Å². The highest BCUT2D eigenvalue weighted by atomic mass is 79.9. The van der Waals surface area contributed by atoms with Gasteiger partial charge in [0.1, 0.15) is 11.4 Å². The maximum absolute atomic E-state index is 14.6. The summed E-state index contributed by atoms with van der Waals surface area (Å²) in [5, 5.41) is 0.291. The Balaban J connectivity index is 2.38. The van der Waals surface area contributed by atoms with Crippen LogP contribution in [0.2, 0.25) is 0 Å². The van der Waals surface area contributed by atoms with Crippen molar-refractivity contribution in [2.75, 3.05) is 0 Å². The van der Waals surface area contributed by atoms with E-state index < -0.39 is 29.0 Å². The van der Waals surface area contributed by atoms with Gasteiger partial charge in [0.25, 0.3) is 5.91 Å². The third-order valence-corrected chi connectivity index (χ3v) is 4.27. The minimum Gasteiger partial charge on any atom is -0.455 e. The first kappa shape index (κ1) is 17.5. The Morgan fingerprint density at radius 3 is 2.48 bits per heavy atom. The van der Waals surface area contributed by atoms with Gasteiger partial charge in [-0.2, -0.15) is 13.2 Å². The van der Waals surface area contributed by atoms with E-state index in [-0.39, 0.29) is 22.5 Å². The van der Waals surface area contributed by atoms with Gasteiger partial charge in [0, 0.05) is 9.86 Å². The van der Waals surface area contributed by atoms with Gasteiger partial charge in [0.2, 0.25) is 0 Å².